The molecule has 33 heavy (non-hydrogen) atoms. The molecule has 0 aliphatic heterocycles. The van der Waals surface area contributed by atoms with Gasteiger partial charge in [0.05, 0.1) is 25.3 Å². The summed E-state index contributed by atoms with van der Waals surface area (Å²) >= 11 is 0. The molecule has 168 valence electrons. The van der Waals surface area contributed by atoms with Crippen LogP contribution >= 0.6 is 0 Å². The van der Waals surface area contributed by atoms with Crippen molar-refractivity contribution < 1.29 is 19.7 Å². The molecule has 0 unspecified atom stereocenters. The highest BCUT2D eigenvalue weighted by atomic mass is 16.5. The van der Waals surface area contributed by atoms with Gasteiger partial charge in [-0.1, -0.05) is 17.7 Å². The number of aromatic hydroxyl groups is 2. The molecule has 0 amide bonds. The number of methoxy groups -OCH3 is 2. The zero-order valence-electron chi connectivity index (χ0n) is 19.2. The van der Waals surface area contributed by atoms with Gasteiger partial charge in [-0.25, -0.2) is 15.0 Å². The van der Waals surface area contributed by atoms with Crippen molar-refractivity contribution in [1.82, 2.24) is 15.0 Å². The Labute approximate surface area is 192 Å². The Morgan fingerprint density at radius 1 is 0.606 bits per heavy atom. The molecule has 7 heteroatoms. The number of benzene rings is 3. The van der Waals surface area contributed by atoms with Gasteiger partial charge in [0.2, 0.25) is 0 Å². The molecule has 0 spiro atoms. The van der Waals surface area contributed by atoms with Crippen molar-refractivity contribution in [3.05, 3.63) is 65.2 Å². The summed E-state index contributed by atoms with van der Waals surface area (Å²) in [5, 5.41) is 21.2. The third kappa shape index (κ3) is 4.30. The third-order valence-corrected chi connectivity index (χ3v) is 5.43. The van der Waals surface area contributed by atoms with Gasteiger partial charge in [-0.2, -0.15) is 0 Å². The van der Waals surface area contributed by atoms with Crippen LogP contribution in [0.15, 0.2) is 48.5 Å². The van der Waals surface area contributed by atoms with E-state index >= 15 is 0 Å². The Kier molecular flexibility index (Phi) is 5.87. The second-order valence-corrected chi connectivity index (χ2v) is 7.85. The van der Waals surface area contributed by atoms with Crippen LogP contribution in [-0.2, 0) is 0 Å². The number of hydrogen-bond acceptors (Lipinski definition) is 7. The Morgan fingerprint density at radius 2 is 1.03 bits per heavy atom. The number of phenolic OH excluding ortho intramolecular Hbond substituents is 2. The first-order valence-corrected chi connectivity index (χ1v) is 10.4. The van der Waals surface area contributed by atoms with Crippen molar-refractivity contribution >= 4 is 0 Å². The lowest BCUT2D eigenvalue weighted by molar-refractivity contribution is 0.408. The van der Waals surface area contributed by atoms with Crippen LogP contribution in [0.3, 0.4) is 0 Å². The lowest BCUT2D eigenvalue weighted by Gasteiger charge is -2.14. The average molecular weight is 444 g/mol. The van der Waals surface area contributed by atoms with Gasteiger partial charge in [0.25, 0.3) is 0 Å². The fourth-order valence-electron chi connectivity index (χ4n) is 3.92. The van der Waals surface area contributed by atoms with E-state index in [9.17, 15) is 10.2 Å². The molecule has 1 aromatic heterocycles. The fraction of sp³-hybridized carbons (Fsp3) is 0.192. The van der Waals surface area contributed by atoms with Gasteiger partial charge in [0.1, 0.15) is 23.0 Å². The lowest BCUT2D eigenvalue weighted by atomic mass is 9.99. The van der Waals surface area contributed by atoms with Crippen molar-refractivity contribution in [2.75, 3.05) is 14.2 Å². The van der Waals surface area contributed by atoms with Gasteiger partial charge in [0.15, 0.2) is 17.5 Å². The van der Waals surface area contributed by atoms with Crippen LogP contribution in [0.1, 0.15) is 16.7 Å². The molecule has 3 aromatic carbocycles. The molecule has 0 saturated carbocycles. The number of aryl methyl sites for hydroxylation is 3. The van der Waals surface area contributed by atoms with E-state index < -0.39 is 0 Å². The molecule has 4 rings (SSSR count). The quantitative estimate of drug-likeness (QED) is 0.436. The molecule has 0 fully saturated rings. The fourth-order valence-corrected chi connectivity index (χ4v) is 3.92. The third-order valence-electron chi connectivity index (χ3n) is 5.43. The highest BCUT2D eigenvalue weighted by Crippen LogP contribution is 2.36. The summed E-state index contributed by atoms with van der Waals surface area (Å²) in [6, 6.07) is 14.0. The van der Waals surface area contributed by atoms with E-state index in [1.807, 2.05) is 20.8 Å². The molecule has 0 atom stereocenters. The van der Waals surface area contributed by atoms with Gasteiger partial charge in [-0.15, -0.1) is 0 Å². The summed E-state index contributed by atoms with van der Waals surface area (Å²) in [6.07, 6.45) is 0. The zero-order valence-corrected chi connectivity index (χ0v) is 19.2. The molecular formula is C26H25N3O4. The van der Waals surface area contributed by atoms with Crippen LogP contribution in [0.5, 0.6) is 23.0 Å². The van der Waals surface area contributed by atoms with Crippen LogP contribution in [0, 0.1) is 20.8 Å². The first-order chi connectivity index (χ1) is 15.8. The molecular weight excluding hydrogens is 418 g/mol. The average Bonchev–Trinajstić information content (AvgIpc) is 2.77. The summed E-state index contributed by atoms with van der Waals surface area (Å²) in [5.41, 5.74) is 4.92. The lowest BCUT2D eigenvalue weighted by Crippen LogP contribution is -2.03. The van der Waals surface area contributed by atoms with Crippen LogP contribution < -0.4 is 9.47 Å². The van der Waals surface area contributed by atoms with Gasteiger partial charge in [-0.3, -0.25) is 0 Å². The molecule has 4 aromatic rings. The van der Waals surface area contributed by atoms with E-state index in [2.05, 4.69) is 17.1 Å². The smallest absolute Gasteiger partial charge is 0.167 e. The van der Waals surface area contributed by atoms with E-state index in [1.54, 1.807) is 24.3 Å². The summed E-state index contributed by atoms with van der Waals surface area (Å²) in [4.78, 5) is 14.0. The van der Waals surface area contributed by atoms with Crippen LogP contribution in [0.2, 0.25) is 0 Å². The molecule has 0 bridgehead atoms. The van der Waals surface area contributed by atoms with Crippen LogP contribution in [-0.4, -0.2) is 39.4 Å². The summed E-state index contributed by atoms with van der Waals surface area (Å²) in [6.45, 7) is 6.06. The van der Waals surface area contributed by atoms with Crippen molar-refractivity contribution in [3.63, 3.8) is 0 Å². The Hall–Kier alpha value is -4.13. The van der Waals surface area contributed by atoms with E-state index in [0.717, 1.165) is 22.3 Å². The highest BCUT2D eigenvalue weighted by molar-refractivity contribution is 5.74. The summed E-state index contributed by atoms with van der Waals surface area (Å²) in [5.74, 6) is 2.01. The topological polar surface area (TPSA) is 97.6 Å². The van der Waals surface area contributed by atoms with Gasteiger partial charge in [0, 0.05) is 17.7 Å². The Bertz CT molecular complexity index is 1260. The molecule has 0 aliphatic rings. The highest BCUT2D eigenvalue weighted by Gasteiger charge is 2.19. The second-order valence-electron chi connectivity index (χ2n) is 7.85. The number of aromatic nitrogens is 3. The normalized spacial score (nSPS) is 10.8. The molecule has 0 saturated heterocycles. The monoisotopic (exact) mass is 443 g/mol. The summed E-state index contributed by atoms with van der Waals surface area (Å²) in [7, 11) is 3.06. The van der Waals surface area contributed by atoms with E-state index in [0.29, 0.717) is 28.5 Å². The first-order valence-electron chi connectivity index (χ1n) is 10.4. The van der Waals surface area contributed by atoms with Crippen molar-refractivity contribution in [2.24, 2.45) is 0 Å². The maximum atomic E-state index is 10.6. The number of phenols is 2. The van der Waals surface area contributed by atoms with Crippen molar-refractivity contribution in [3.8, 4) is 57.2 Å². The van der Waals surface area contributed by atoms with Crippen molar-refractivity contribution in [1.29, 1.82) is 0 Å². The molecule has 7 nitrogen and oxygen atoms in total. The maximum Gasteiger partial charge on any atom is 0.167 e. The number of rotatable bonds is 5. The van der Waals surface area contributed by atoms with Gasteiger partial charge in [-0.05, 0) is 56.2 Å². The largest absolute Gasteiger partial charge is 0.507 e. The molecule has 0 radical (unpaired) electrons. The predicted octanol–water partition coefficient (Wildman–Crippen LogP) is 5.23. The Morgan fingerprint density at radius 3 is 1.42 bits per heavy atom. The van der Waals surface area contributed by atoms with E-state index in [1.165, 1.54) is 26.4 Å². The number of ether oxygens (including phenoxy) is 2. The second kappa shape index (κ2) is 8.78. The minimum atomic E-state index is -0.0197. The van der Waals surface area contributed by atoms with E-state index in [4.69, 9.17) is 19.4 Å². The molecule has 0 aliphatic carbocycles. The van der Waals surface area contributed by atoms with Gasteiger partial charge < -0.3 is 19.7 Å². The number of hydrogen-bond donors (Lipinski definition) is 2. The first kappa shape index (κ1) is 22.1. The Balaban J connectivity index is 1.99. The van der Waals surface area contributed by atoms with Crippen LogP contribution in [0.4, 0.5) is 0 Å². The maximum absolute atomic E-state index is 10.6. The van der Waals surface area contributed by atoms with E-state index in [-0.39, 0.29) is 23.1 Å². The minimum Gasteiger partial charge on any atom is -0.507 e. The molecule has 2 N–H and O–H groups in total. The molecule has 1 heterocycles. The standard InChI is InChI=1S/C26H25N3O4/c1-14-10-15(2)23(16(3)11-14)26-28-24(19-8-6-17(32-4)12-21(19)30)27-25(29-26)20-9-7-18(33-5)13-22(20)31/h6-13,30-31H,1-5H3. The predicted molar refractivity (Wildman–Crippen MR) is 127 cm³/mol. The van der Waals surface area contributed by atoms with Crippen LogP contribution in [0.25, 0.3) is 34.2 Å². The number of nitrogens with zero attached hydrogens (tertiary/aromatic N) is 3. The van der Waals surface area contributed by atoms with Gasteiger partial charge >= 0.3 is 0 Å². The zero-order chi connectivity index (χ0) is 23.7. The SMILES string of the molecule is COc1ccc(-c2nc(-c3ccc(OC)cc3O)nc(-c3c(C)cc(C)cc3C)n2)c(O)c1. The summed E-state index contributed by atoms with van der Waals surface area (Å²) < 4.78 is 10.4. The minimum absolute atomic E-state index is 0.0197. The van der Waals surface area contributed by atoms with Crippen molar-refractivity contribution in [2.45, 2.75) is 20.8 Å².